The molecule has 2 fully saturated rings. The molecule has 2 heterocycles. The van der Waals surface area contributed by atoms with Crippen LogP contribution < -0.4 is 10.2 Å². The molecule has 0 aliphatic carbocycles. The number of para-hydroxylation sites is 1. The maximum Gasteiger partial charge on any atom is 0.228 e. The fourth-order valence-electron chi connectivity index (χ4n) is 3.44. The van der Waals surface area contributed by atoms with Crippen molar-refractivity contribution in [3.63, 3.8) is 0 Å². The predicted molar refractivity (Wildman–Crippen MR) is 101 cm³/mol. The summed E-state index contributed by atoms with van der Waals surface area (Å²) in [6, 6.07) is 7.94. The third kappa shape index (κ3) is 3.92. The van der Waals surface area contributed by atoms with E-state index in [1.54, 1.807) is 4.90 Å². The van der Waals surface area contributed by atoms with Crippen molar-refractivity contribution >= 4 is 45.8 Å². The average molecular weight is 417 g/mol. The van der Waals surface area contributed by atoms with E-state index in [1.165, 1.54) is 0 Å². The van der Waals surface area contributed by atoms with Gasteiger partial charge in [0, 0.05) is 30.5 Å². The smallest absolute Gasteiger partial charge is 0.228 e. The van der Waals surface area contributed by atoms with Gasteiger partial charge in [0.1, 0.15) is 0 Å². The molecule has 3 rings (SSSR count). The number of piperidine rings is 1. The quantitative estimate of drug-likeness (QED) is 0.823. The van der Waals surface area contributed by atoms with E-state index in [4.69, 9.17) is 0 Å². The van der Waals surface area contributed by atoms with E-state index in [9.17, 15) is 9.59 Å². The third-order valence-electron chi connectivity index (χ3n) is 4.82. The molecule has 2 amide bonds. The van der Waals surface area contributed by atoms with Crippen molar-refractivity contribution in [1.82, 2.24) is 10.2 Å². The second-order valence-corrected chi connectivity index (χ2v) is 7.14. The van der Waals surface area contributed by atoms with Gasteiger partial charge in [-0.25, -0.2) is 0 Å². The highest BCUT2D eigenvalue weighted by Crippen LogP contribution is 2.32. The number of amides is 2. The van der Waals surface area contributed by atoms with Gasteiger partial charge in [-0.1, -0.05) is 12.1 Å². The summed E-state index contributed by atoms with van der Waals surface area (Å²) in [5.74, 6) is -0.122. The molecule has 0 radical (unpaired) electrons. The number of carbonyl (C=O) groups excluding carboxylic acids is 2. The Labute approximate surface area is 157 Å². The fraction of sp³-hybridized carbons (Fsp3) is 0.529. The number of rotatable bonds is 3. The Morgan fingerprint density at radius 2 is 1.96 bits per heavy atom. The lowest BCUT2D eigenvalue weighted by atomic mass is 10.0. The summed E-state index contributed by atoms with van der Waals surface area (Å²) in [7, 11) is 1.88. The van der Waals surface area contributed by atoms with Gasteiger partial charge in [-0.15, -0.1) is 12.4 Å². The van der Waals surface area contributed by atoms with E-state index >= 15 is 0 Å². The maximum absolute atomic E-state index is 12.8. The monoisotopic (exact) mass is 415 g/mol. The zero-order valence-electron chi connectivity index (χ0n) is 13.7. The van der Waals surface area contributed by atoms with Gasteiger partial charge in [0.15, 0.2) is 0 Å². The Hall–Kier alpha value is -1.11. The van der Waals surface area contributed by atoms with Crippen molar-refractivity contribution in [2.45, 2.75) is 25.3 Å². The van der Waals surface area contributed by atoms with Crippen LogP contribution in [0, 0.1) is 5.92 Å². The van der Waals surface area contributed by atoms with Gasteiger partial charge < -0.3 is 15.1 Å². The van der Waals surface area contributed by atoms with Crippen LogP contribution >= 0.6 is 28.3 Å². The lowest BCUT2D eigenvalue weighted by molar-refractivity contribution is -0.137. The first-order valence-corrected chi connectivity index (χ1v) is 8.89. The van der Waals surface area contributed by atoms with E-state index in [2.05, 4.69) is 21.2 Å². The van der Waals surface area contributed by atoms with Crippen LogP contribution in [0.4, 0.5) is 5.69 Å². The second-order valence-electron chi connectivity index (χ2n) is 6.29. The minimum Gasteiger partial charge on any atom is -0.342 e. The highest BCUT2D eigenvalue weighted by molar-refractivity contribution is 9.10. The number of hydrogen-bond acceptors (Lipinski definition) is 3. The number of carbonyl (C=O) groups is 2. The molecule has 0 aromatic heterocycles. The van der Waals surface area contributed by atoms with Crippen molar-refractivity contribution in [3.8, 4) is 0 Å². The fourth-order valence-corrected chi connectivity index (χ4v) is 3.94. The molecule has 5 nitrogen and oxygen atoms in total. The van der Waals surface area contributed by atoms with Crippen LogP contribution in [0.25, 0.3) is 0 Å². The molecule has 132 valence electrons. The van der Waals surface area contributed by atoms with Gasteiger partial charge in [-0.3, -0.25) is 9.59 Å². The molecule has 0 bridgehead atoms. The van der Waals surface area contributed by atoms with Crippen LogP contribution in [0.1, 0.15) is 19.3 Å². The van der Waals surface area contributed by atoms with Crippen LogP contribution in [-0.2, 0) is 9.59 Å². The number of benzene rings is 1. The Kier molecular flexibility index (Phi) is 6.66. The molecule has 1 aromatic rings. The summed E-state index contributed by atoms with van der Waals surface area (Å²) in [6.45, 7) is 2.37. The van der Waals surface area contributed by atoms with Crippen LogP contribution in [0.3, 0.4) is 0 Å². The number of halogens is 2. The van der Waals surface area contributed by atoms with Crippen LogP contribution in [0.5, 0.6) is 0 Å². The molecule has 1 unspecified atom stereocenters. The molecule has 7 heteroatoms. The molecular weight excluding hydrogens is 394 g/mol. The summed E-state index contributed by atoms with van der Waals surface area (Å²) >= 11 is 3.49. The molecule has 1 atom stereocenters. The minimum absolute atomic E-state index is 0. The predicted octanol–water partition coefficient (Wildman–Crippen LogP) is 2.43. The molecule has 1 N–H and O–H groups in total. The van der Waals surface area contributed by atoms with E-state index in [-0.39, 0.29) is 36.2 Å². The standard InChI is InChI=1S/C17H22BrN3O2.ClH/c1-20(13-6-8-19-9-7-13)17(23)12-10-16(22)21(11-12)15-5-3-2-4-14(15)18;/h2-5,12-13,19H,6-11H2,1H3;1H. The average Bonchev–Trinajstić information content (AvgIpc) is 2.96. The van der Waals surface area contributed by atoms with Crippen molar-refractivity contribution in [3.05, 3.63) is 28.7 Å². The summed E-state index contributed by atoms with van der Waals surface area (Å²) < 4.78 is 0.883. The Balaban J connectivity index is 0.00000208. The number of hydrogen-bond donors (Lipinski definition) is 1. The topological polar surface area (TPSA) is 52.7 Å². The normalized spacial score (nSPS) is 21.5. The lowest BCUT2D eigenvalue weighted by Gasteiger charge is -2.33. The summed E-state index contributed by atoms with van der Waals surface area (Å²) in [4.78, 5) is 28.7. The van der Waals surface area contributed by atoms with Crippen LogP contribution in [0.2, 0.25) is 0 Å². The van der Waals surface area contributed by atoms with Gasteiger partial charge in [-0.05, 0) is 54.0 Å². The zero-order chi connectivity index (χ0) is 16.4. The van der Waals surface area contributed by atoms with Crippen LogP contribution in [0.15, 0.2) is 28.7 Å². The number of anilines is 1. The Morgan fingerprint density at radius 1 is 1.29 bits per heavy atom. The molecule has 0 spiro atoms. The maximum atomic E-state index is 12.8. The van der Waals surface area contributed by atoms with Crippen molar-refractivity contribution in [1.29, 1.82) is 0 Å². The Morgan fingerprint density at radius 3 is 2.62 bits per heavy atom. The Bertz CT molecular complexity index is 607. The zero-order valence-corrected chi connectivity index (χ0v) is 16.1. The van der Waals surface area contributed by atoms with Gasteiger partial charge in [0.05, 0.1) is 11.6 Å². The molecule has 2 aliphatic heterocycles. The van der Waals surface area contributed by atoms with Gasteiger partial charge in [0.2, 0.25) is 11.8 Å². The minimum atomic E-state index is -0.241. The van der Waals surface area contributed by atoms with Gasteiger partial charge >= 0.3 is 0 Å². The first kappa shape index (κ1) is 19.2. The van der Waals surface area contributed by atoms with Gasteiger partial charge in [0.25, 0.3) is 0 Å². The van der Waals surface area contributed by atoms with E-state index in [1.807, 2.05) is 36.2 Å². The molecule has 2 aliphatic rings. The largest absolute Gasteiger partial charge is 0.342 e. The summed E-state index contributed by atoms with van der Waals surface area (Å²) in [5, 5.41) is 3.31. The second kappa shape index (κ2) is 8.32. The highest BCUT2D eigenvalue weighted by Gasteiger charge is 2.38. The van der Waals surface area contributed by atoms with Crippen LogP contribution in [-0.4, -0.2) is 49.4 Å². The molecule has 24 heavy (non-hydrogen) atoms. The van der Waals surface area contributed by atoms with Crippen molar-refractivity contribution in [2.75, 3.05) is 31.6 Å². The summed E-state index contributed by atoms with van der Waals surface area (Å²) in [5.41, 5.74) is 0.845. The van der Waals surface area contributed by atoms with Crippen molar-refractivity contribution < 1.29 is 9.59 Å². The van der Waals surface area contributed by atoms with Gasteiger partial charge in [-0.2, -0.15) is 0 Å². The molecular formula is C17H23BrClN3O2. The van der Waals surface area contributed by atoms with E-state index in [0.29, 0.717) is 13.0 Å². The first-order chi connectivity index (χ1) is 11.1. The highest BCUT2D eigenvalue weighted by atomic mass is 79.9. The third-order valence-corrected chi connectivity index (χ3v) is 5.49. The molecule has 0 saturated carbocycles. The lowest BCUT2D eigenvalue weighted by Crippen LogP contribution is -2.46. The number of nitrogens with one attached hydrogen (secondary N) is 1. The van der Waals surface area contributed by atoms with E-state index < -0.39 is 0 Å². The first-order valence-electron chi connectivity index (χ1n) is 8.10. The molecule has 2 saturated heterocycles. The number of nitrogens with zero attached hydrogens (tertiary/aromatic N) is 2. The SMILES string of the molecule is CN(C(=O)C1CC(=O)N(c2ccccc2Br)C1)C1CCNCC1.Cl. The summed E-state index contributed by atoms with van der Waals surface area (Å²) in [6.07, 6.45) is 2.27. The van der Waals surface area contributed by atoms with Crippen molar-refractivity contribution in [2.24, 2.45) is 5.92 Å². The molecule has 1 aromatic carbocycles. The van der Waals surface area contributed by atoms with E-state index in [0.717, 1.165) is 36.1 Å².